The maximum absolute atomic E-state index is 12.2. The molecule has 1 N–H and O–H groups in total. The molecule has 0 aliphatic heterocycles. The molecule has 2 heterocycles. The zero-order chi connectivity index (χ0) is 17.6. The molecule has 0 fully saturated rings. The minimum absolute atomic E-state index is 0.0844. The minimum atomic E-state index is -0.232. The Morgan fingerprint density at radius 1 is 1.36 bits per heavy atom. The van der Waals surface area contributed by atoms with Crippen molar-refractivity contribution < 1.29 is 9.53 Å². The molecule has 6 nitrogen and oxygen atoms in total. The van der Waals surface area contributed by atoms with Crippen LogP contribution in [0.15, 0.2) is 52.9 Å². The van der Waals surface area contributed by atoms with E-state index in [2.05, 4.69) is 10.3 Å². The highest BCUT2D eigenvalue weighted by atomic mass is 32.1. The van der Waals surface area contributed by atoms with E-state index in [9.17, 15) is 9.59 Å². The lowest BCUT2D eigenvalue weighted by Gasteiger charge is -2.06. The van der Waals surface area contributed by atoms with Gasteiger partial charge in [-0.05, 0) is 23.6 Å². The molecule has 0 aliphatic carbocycles. The van der Waals surface area contributed by atoms with Crippen LogP contribution in [0.5, 0.6) is 5.75 Å². The Balaban J connectivity index is 1.58. The molecule has 0 saturated carbocycles. The van der Waals surface area contributed by atoms with Gasteiger partial charge in [0.1, 0.15) is 10.4 Å². The summed E-state index contributed by atoms with van der Waals surface area (Å²) in [6.07, 6.45) is 4.65. The number of amides is 1. The Kier molecular flexibility index (Phi) is 5.25. The van der Waals surface area contributed by atoms with Crippen molar-refractivity contribution in [3.05, 3.63) is 64.0 Å². The Morgan fingerprint density at radius 2 is 2.20 bits per heavy atom. The summed E-state index contributed by atoms with van der Waals surface area (Å²) in [6.45, 7) is 0.710. The predicted molar refractivity (Wildman–Crippen MR) is 98.9 cm³/mol. The van der Waals surface area contributed by atoms with Crippen LogP contribution in [0.3, 0.4) is 0 Å². The average molecular weight is 355 g/mol. The number of nitrogens with zero attached hydrogens (tertiary/aromatic N) is 2. The molecule has 0 saturated heterocycles. The first kappa shape index (κ1) is 16.9. The normalized spacial score (nSPS) is 11.1. The second kappa shape index (κ2) is 7.76. The molecule has 0 radical (unpaired) electrons. The number of para-hydroxylation sites is 1. The third-order valence-electron chi connectivity index (χ3n) is 3.64. The molecule has 2 aromatic heterocycles. The summed E-state index contributed by atoms with van der Waals surface area (Å²) in [5, 5.41) is 4.60. The van der Waals surface area contributed by atoms with Crippen molar-refractivity contribution in [2.24, 2.45) is 0 Å². The van der Waals surface area contributed by atoms with Crippen LogP contribution in [0.1, 0.15) is 5.56 Å². The van der Waals surface area contributed by atoms with Gasteiger partial charge in [0.05, 0.1) is 19.0 Å². The van der Waals surface area contributed by atoms with Crippen LogP contribution in [-0.4, -0.2) is 29.1 Å². The SMILES string of the molecule is COc1ccccc1/C=C/C(=O)NCCn1cnc2ccsc2c1=O. The number of methoxy groups -OCH3 is 1. The highest BCUT2D eigenvalue weighted by Crippen LogP contribution is 2.18. The van der Waals surface area contributed by atoms with E-state index in [1.807, 2.05) is 35.7 Å². The minimum Gasteiger partial charge on any atom is -0.496 e. The fourth-order valence-corrected chi connectivity index (χ4v) is 3.16. The number of nitrogens with one attached hydrogen (secondary N) is 1. The molecular formula is C18H17N3O3S. The van der Waals surface area contributed by atoms with Crippen molar-refractivity contribution in [2.45, 2.75) is 6.54 Å². The van der Waals surface area contributed by atoms with Gasteiger partial charge in [0.2, 0.25) is 5.91 Å². The quantitative estimate of drug-likeness (QED) is 0.689. The Labute approximate surface area is 148 Å². The van der Waals surface area contributed by atoms with E-state index in [1.54, 1.807) is 13.2 Å². The third-order valence-corrected chi connectivity index (χ3v) is 4.53. The lowest BCUT2D eigenvalue weighted by molar-refractivity contribution is -0.116. The molecule has 0 atom stereocenters. The first-order valence-corrected chi connectivity index (χ1v) is 8.58. The van der Waals surface area contributed by atoms with Crippen LogP contribution < -0.4 is 15.6 Å². The van der Waals surface area contributed by atoms with E-state index in [1.165, 1.54) is 28.3 Å². The highest BCUT2D eigenvalue weighted by molar-refractivity contribution is 7.17. The highest BCUT2D eigenvalue weighted by Gasteiger charge is 2.05. The van der Waals surface area contributed by atoms with Crippen molar-refractivity contribution in [1.82, 2.24) is 14.9 Å². The summed E-state index contributed by atoms with van der Waals surface area (Å²) in [4.78, 5) is 28.4. The molecule has 128 valence electrons. The molecule has 0 unspecified atom stereocenters. The predicted octanol–water partition coefficient (Wildman–Crippen LogP) is 2.30. The molecule has 25 heavy (non-hydrogen) atoms. The number of rotatable bonds is 6. The number of benzene rings is 1. The van der Waals surface area contributed by atoms with E-state index in [4.69, 9.17) is 4.74 Å². The van der Waals surface area contributed by atoms with Crippen LogP contribution in [-0.2, 0) is 11.3 Å². The van der Waals surface area contributed by atoms with Crippen molar-refractivity contribution in [2.75, 3.05) is 13.7 Å². The Morgan fingerprint density at radius 3 is 3.04 bits per heavy atom. The summed E-state index contributed by atoms with van der Waals surface area (Å²) in [5.41, 5.74) is 1.44. The maximum atomic E-state index is 12.2. The Hall–Kier alpha value is -2.93. The van der Waals surface area contributed by atoms with Crippen LogP contribution in [0.4, 0.5) is 0 Å². The van der Waals surface area contributed by atoms with E-state index < -0.39 is 0 Å². The maximum Gasteiger partial charge on any atom is 0.271 e. The van der Waals surface area contributed by atoms with Crippen molar-refractivity contribution in [3.63, 3.8) is 0 Å². The number of hydrogen-bond acceptors (Lipinski definition) is 5. The standard InChI is InChI=1S/C18H17N3O3S/c1-24-15-5-3-2-4-13(15)6-7-16(22)19-9-10-21-12-20-14-8-11-25-17(14)18(21)23/h2-8,11-12H,9-10H2,1H3,(H,19,22)/b7-6+. The summed E-state index contributed by atoms with van der Waals surface area (Å²) in [7, 11) is 1.59. The lowest BCUT2D eigenvalue weighted by Crippen LogP contribution is -2.29. The van der Waals surface area contributed by atoms with Gasteiger partial charge in [-0.25, -0.2) is 4.98 Å². The largest absolute Gasteiger partial charge is 0.496 e. The van der Waals surface area contributed by atoms with Crippen molar-refractivity contribution in [3.8, 4) is 5.75 Å². The van der Waals surface area contributed by atoms with Crippen LogP contribution in [0.25, 0.3) is 16.3 Å². The number of aromatic nitrogens is 2. The first-order valence-electron chi connectivity index (χ1n) is 7.70. The number of ether oxygens (including phenoxy) is 1. The van der Waals surface area contributed by atoms with E-state index in [0.717, 1.165) is 5.56 Å². The van der Waals surface area contributed by atoms with Gasteiger partial charge in [-0.1, -0.05) is 18.2 Å². The summed E-state index contributed by atoms with van der Waals surface area (Å²) < 4.78 is 7.36. The summed E-state index contributed by atoms with van der Waals surface area (Å²) >= 11 is 1.37. The molecular weight excluding hydrogens is 338 g/mol. The second-order valence-electron chi connectivity index (χ2n) is 5.24. The molecule has 7 heteroatoms. The van der Waals surface area contributed by atoms with Gasteiger partial charge in [0.15, 0.2) is 0 Å². The van der Waals surface area contributed by atoms with Gasteiger partial charge in [0, 0.05) is 24.7 Å². The van der Waals surface area contributed by atoms with Crippen molar-refractivity contribution >= 4 is 33.5 Å². The zero-order valence-corrected chi connectivity index (χ0v) is 14.5. The number of carbonyl (C=O) groups is 1. The van der Waals surface area contributed by atoms with Crippen molar-refractivity contribution in [1.29, 1.82) is 0 Å². The monoisotopic (exact) mass is 355 g/mol. The molecule has 0 aliphatic rings. The molecule has 1 aromatic carbocycles. The summed E-state index contributed by atoms with van der Waals surface area (Å²) in [5.74, 6) is 0.470. The molecule has 0 bridgehead atoms. The first-order chi connectivity index (χ1) is 12.2. The number of hydrogen-bond donors (Lipinski definition) is 1. The number of thiophene rings is 1. The zero-order valence-electron chi connectivity index (χ0n) is 13.6. The van der Waals surface area contributed by atoms with Gasteiger partial charge < -0.3 is 10.1 Å². The molecule has 3 aromatic rings. The third kappa shape index (κ3) is 3.95. The van der Waals surface area contributed by atoms with Gasteiger partial charge >= 0.3 is 0 Å². The van der Waals surface area contributed by atoms with Crippen LogP contribution >= 0.6 is 11.3 Å². The number of carbonyl (C=O) groups excluding carboxylic acids is 1. The lowest BCUT2D eigenvalue weighted by atomic mass is 10.2. The average Bonchev–Trinajstić information content (AvgIpc) is 3.11. The fraction of sp³-hybridized carbons (Fsp3) is 0.167. The molecule has 1 amide bonds. The van der Waals surface area contributed by atoms with Crippen LogP contribution in [0.2, 0.25) is 0 Å². The van der Waals surface area contributed by atoms with E-state index in [0.29, 0.717) is 29.1 Å². The Bertz CT molecular complexity index is 975. The molecule has 0 spiro atoms. The van der Waals surface area contributed by atoms with Gasteiger partial charge in [0.25, 0.3) is 5.56 Å². The molecule has 3 rings (SSSR count). The van der Waals surface area contributed by atoms with Gasteiger partial charge in [-0.15, -0.1) is 11.3 Å². The summed E-state index contributed by atoms with van der Waals surface area (Å²) in [6, 6.07) is 9.25. The topological polar surface area (TPSA) is 73.2 Å². The smallest absolute Gasteiger partial charge is 0.271 e. The fourth-order valence-electron chi connectivity index (χ4n) is 2.37. The van der Waals surface area contributed by atoms with E-state index in [-0.39, 0.29) is 11.5 Å². The van der Waals surface area contributed by atoms with Gasteiger partial charge in [-0.2, -0.15) is 0 Å². The van der Waals surface area contributed by atoms with Crippen LogP contribution in [0, 0.1) is 0 Å². The second-order valence-corrected chi connectivity index (χ2v) is 6.16. The van der Waals surface area contributed by atoms with E-state index >= 15 is 0 Å². The van der Waals surface area contributed by atoms with Gasteiger partial charge in [-0.3, -0.25) is 14.2 Å². The number of fused-ring (bicyclic) bond motifs is 1.